The highest BCUT2D eigenvalue weighted by Gasteiger charge is 2.53. The molecule has 0 radical (unpaired) electrons. The highest BCUT2D eigenvalue weighted by molar-refractivity contribution is 5.75. The maximum Gasteiger partial charge on any atom is 0.410 e. The van der Waals surface area contributed by atoms with Crippen molar-refractivity contribution in [1.29, 1.82) is 5.26 Å². The first kappa shape index (κ1) is 22.1. The Balaban J connectivity index is 1.34. The fourth-order valence-electron chi connectivity index (χ4n) is 6.24. The van der Waals surface area contributed by atoms with Crippen molar-refractivity contribution in [2.45, 2.75) is 76.0 Å². The number of carbonyl (C=O) groups is 1. The van der Waals surface area contributed by atoms with Crippen LogP contribution in [0.2, 0.25) is 0 Å². The van der Waals surface area contributed by atoms with Crippen molar-refractivity contribution in [3.05, 3.63) is 35.8 Å². The molecule has 9 nitrogen and oxygen atoms in total. The van der Waals surface area contributed by atoms with Crippen molar-refractivity contribution >= 4 is 23.5 Å². The van der Waals surface area contributed by atoms with Gasteiger partial charge in [-0.3, -0.25) is 0 Å². The van der Waals surface area contributed by atoms with Gasteiger partial charge in [0, 0.05) is 42.9 Å². The lowest BCUT2D eigenvalue weighted by Crippen LogP contribution is -2.46. The first-order chi connectivity index (χ1) is 16.8. The number of ether oxygens (including phenoxy) is 1. The van der Waals surface area contributed by atoms with Crippen molar-refractivity contribution in [2.75, 3.05) is 29.4 Å². The predicted octanol–water partition coefficient (Wildman–Crippen LogP) is 3.90. The molecule has 0 N–H and O–H groups in total. The zero-order valence-electron chi connectivity index (χ0n) is 20.6. The molecule has 1 saturated carbocycles. The number of likely N-dealkylation sites (tertiary alicyclic amines) is 1. The number of fused-ring (bicyclic) bond motifs is 4. The summed E-state index contributed by atoms with van der Waals surface area (Å²) in [5, 5.41) is 9.39. The van der Waals surface area contributed by atoms with E-state index in [4.69, 9.17) is 14.7 Å². The maximum atomic E-state index is 12.9. The number of carbonyl (C=O) groups excluding carboxylic acids is 1. The van der Waals surface area contributed by atoms with Gasteiger partial charge in [-0.15, -0.1) is 0 Å². The van der Waals surface area contributed by atoms with Crippen LogP contribution in [0, 0.1) is 11.3 Å². The highest BCUT2D eigenvalue weighted by Crippen LogP contribution is 2.56. The van der Waals surface area contributed by atoms with E-state index < -0.39 is 5.60 Å². The van der Waals surface area contributed by atoms with E-state index in [2.05, 4.69) is 20.9 Å². The summed E-state index contributed by atoms with van der Waals surface area (Å²) in [6, 6.07) is 6.26. The first-order valence-electron chi connectivity index (χ1n) is 12.5. The van der Waals surface area contributed by atoms with E-state index in [-0.39, 0.29) is 17.6 Å². The molecular formula is C26H31N7O2. The molecule has 1 amide bonds. The molecule has 35 heavy (non-hydrogen) atoms. The van der Waals surface area contributed by atoms with Crippen molar-refractivity contribution in [2.24, 2.45) is 0 Å². The summed E-state index contributed by atoms with van der Waals surface area (Å²) in [6.45, 7) is 8.00. The minimum absolute atomic E-state index is 0.0117. The average Bonchev–Trinajstić information content (AvgIpc) is 3.33. The van der Waals surface area contributed by atoms with Crippen molar-refractivity contribution in [1.82, 2.24) is 19.9 Å². The molecule has 3 aliphatic heterocycles. The van der Waals surface area contributed by atoms with Crippen LogP contribution in [0.5, 0.6) is 0 Å². The summed E-state index contributed by atoms with van der Waals surface area (Å²) in [6.07, 6.45) is 8.34. The highest BCUT2D eigenvalue weighted by atomic mass is 16.6. The molecule has 0 aromatic carbocycles. The van der Waals surface area contributed by atoms with Crippen LogP contribution in [0.4, 0.5) is 22.2 Å². The van der Waals surface area contributed by atoms with Crippen molar-refractivity contribution < 1.29 is 9.53 Å². The molecule has 6 rings (SSSR count). The molecule has 1 spiro atoms. The van der Waals surface area contributed by atoms with Crippen LogP contribution in [0.15, 0.2) is 24.7 Å². The molecular weight excluding hydrogens is 442 g/mol. The van der Waals surface area contributed by atoms with E-state index in [0.717, 1.165) is 56.2 Å². The van der Waals surface area contributed by atoms with Crippen LogP contribution in [-0.2, 0) is 10.2 Å². The van der Waals surface area contributed by atoms with Crippen LogP contribution < -0.4 is 9.80 Å². The number of rotatable bonds is 2. The molecule has 4 aliphatic rings. The molecule has 2 aromatic rings. The summed E-state index contributed by atoms with van der Waals surface area (Å²) < 4.78 is 5.69. The minimum Gasteiger partial charge on any atom is -0.444 e. The monoisotopic (exact) mass is 473 g/mol. The normalized spacial score (nSPS) is 24.2. The SMILES string of the molecule is CC(C)(C)OC(=O)N1CCC2CC1CN2c1ncnc2c1C1(CCC1)CN2c1cc(C#N)ccn1. The van der Waals surface area contributed by atoms with Crippen molar-refractivity contribution in [3.63, 3.8) is 0 Å². The van der Waals surface area contributed by atoms with Gasteiger partial charge in [0.25, 0.3) is 0 Å². The number of anilines is 3. The Labute approximate surface area is 205 Å². The largest absolute Gasteiger partial charge is 0.444 e. The van der Waals surface area contributed by atoms with E-state index in [1.54, 1.807) is 18.6 Å². The summed E-state index contributed by atoms with van der Waals surface area (Å²) in [7, 11) is 0. The number of piperidine rings is 1. The van der Waals surface area contributed by atoms with Gasteiger partial charge in [0.1, 0.15) is 29.4 Å². The summed E-state index contributed by atoms with van der Waals surface area (Å²) in [5.74, 6) is 2.67. The van der Waals surface area contributed by atoms with E-state index in [1.165, 1.54) is 12.0 Å². The second kappa shape index (κ2) is 7.80. The van der Waals surface area contributed by atoms with E-state index in [0.29, 0.717) is 18.2 Å². The number of amides is 1. The molecule has 9 heteroatoms. The number of nitrogens with zero attached hydrogens (tertiary/aromatic N) is 7. The van der Waals surface area contributed by atoms with Crippen LogP contribution in [0.3, 0.4) is 0 Å². The molecule has 1 aliphatic carbocycles. The Kier molecular flexibility index (Phi) is 4.92. The maximum absolute atomic E-state index is 12.9. The average molecular weight is 474 g/mol. The summed E-state index contributed by atoms with van der Waals surface area (Å²) in [5.41, 5.74) is 1.32. The lowest BCUT2D eigenvalue weighted by atomic mass is 9.66. The van der Waals surface area contributed by atoms with Gasteiger partial charge in [-0.25, -0.2) is 19.7 Å². The van der Waals surface area contributed by atoms with E-state index >= 15 is 0 Å². The first-order valence-corrected chi connectivity index (χ1v) is 12.5. The molecule has 182 valence electrons. The number of nitriles is 1. The smallest absolute Gasteiger partial charge is 0.410 e. The molecule has 2 bridgehead atoms. The van der Waals surface area contributed by atoms with Gasteiger partial charge in [0.05, 0.1) is 17.7 Å². The Morgan fingerprint density at radius 3 is 2.71 bits per heavy atom. The number of hydrogen-bond acceptors (Lipinski definition) is 8. The molecule has 5 heterocycles. The third kappa shape index (κ3) is 3.58. The Morgan fingerprint density at radius 1 is 1.20 bits per heavy atom. The molecule has 2 saturated heterocycles. The number of aromatic nitrogens is 3. The lowest BCUT2D eigenvalue weighted by Gasteiger charge is -2.40. The van der Waals surface area contributed by atoms with Gasteiger partial charge in [0.15, 0.2) is 0 Å². The third-order valence-corrected chi connectivity index (χ3v) is 7.95. The molecule has 3 fully saturated rings. The van der Waals surface area contributed by atoms with Gasteiger partial charge in [-0.2, -0.15) is 5.26 Å². The number of pyridine rings is 1. The standard InChI is InChI=1S/C26H31N7O2/c1-25(2,3)35-24(34)31-10-6-18-12-19(31)14-32(18)22-21-23(30-16-29-22)33(15-26(21)7-4-8-26)20-11-17(13-27)5-9-28-20/h5,9,11,16,18-19H,4,6-8,10,12,14-15H2,1-3H3. The Bertz CT molecular complexity index is 1210. The molecule has 2 atom stereocenters. The Morgan fingerprint density at radius 2 is 2.00 bits per heavy atom. The van der Waals surface area contributed by atoms with Gasteiger partial charge in [0.2, 0.25) is 0 Å². The summed E-state index contributed by atoms with van der Waals surface area (Å²) in [4.78, 5) is 33.5. The predicted molar refractivity (Wildman–Crippen MR) is 131 cm³/mol. The molecule has 2 unspecified atom stereocenters. The quantitative estimate of drug-likeness (QED) is 0.648. The van der Waals surface area contributed by atoms with Gasteiger partial charge >= 0.3 is 6.09 Å². The second-order valence-corrected chi connectivity index (χ2v) is 11.3. The van der Waals surface area contributed by atoms with Crippen LogP contribution in [0.1, 0.15) is 64.0 Å². The van der Waals surface area contributed by atoms with Gasteiger partial charge < -0.3 is 19.4 Å². The Hall–Kier alpha value is -3.41. The van der Waals surface area contributed by atoms with E-state index in [1.807, 2.05) is 31.7 Å². The zero-order valence-corrected chi connectivity index (χ0v) is 20.6. The fraction of sp³-hybridized carbons (Fsp3) is 0.577. The van der Waals surface area contributed by atoms with Crippen molar-refractivity contribution in [3.8, 4) is 6.07 Å². The van der Waals surface area contributed by atoms with Gasteiger partial charge in [-0.05, 0) is 58.6 Å². The second-order valence-electron chi connectivity index (χ2n) is 11.3. The number of hydrogen-bond donors (Lipinski definition) is 0. The molecule has 2 aromatic heterocycles. The lowest BCUT2D eigenvalue weighted by molar-refractivity contribution is 0.0142. The fourth-order valence-corrected chi connectivity index (χ4v) is 6.24. The zero-order chi connectivity index (χ0) is 24.4. The van der Waals surface area contributed by atoms with Crippen LogP contribution >= 0.6 is 0 Å². The summed E-state index contributed by atoms with van der Waals surface area (Å²) >= 11 is 0. The third-order valence-electron chi connectivity index (χ3n) is 7.95. The topological polar surface area (TPSA) is 98.5 Å². The van der Waals surface area contributed by atoms with E-state index in [9.17, 15) is 10.1 Å². The van der Waals surface area contributed by atoms with Gasteiger partial charge in [-0.1, -0.05) is 6.42 Å². The van der Waals surface area contributed by atoms with Crippen LogP contribution in [0.25, 0.3) is 0 Å². The minimum atomic E-state index is -0.503. The van der Waals surface area contributed by atoms with Crippen LogP contribution in [-0.4, -0.2) is 63.3 Å².